The molecule has 0 unspecified atom stereocenters. The van der Waals surface area contributed by atoms with Gasteiger partial charge in [-0.3, -0.25) is 0 Å². The molecule has 0 saturated heterocycles. The first kappa shape index (κ1) is 21.4. The average molecular weight is 381 g/mol. The summed E-state index contributed by atoms with van der Waals surface area (Å²) in [6, 6.07) is 9.17. The highest BCUT2D eigenvalue weighted by Gasteiger charge is 2.30. The molecule has 2 fully saturated rings. The van der Waals surface area contributed by atoms with Crippen molar-refractivity contribution in [3.63, 3.8) is 0 Å². The zero-order valence-corrected chi connectivity index (χ0v) is 18.0. The standard InChI is InChI=1S/C27H40O/c1-3-5-6-7-22-8-12-24(13-9-22)26-16-18-27(19-17-26)25-14-10-23(11-15-25)21-28-20-4-2/h4,6-7,10-11,14-15,22,24,26-27H,2-3,5,8-9,12-13,16-21H2,1H3/b7-6+/t22-,24-,26?,27?. The molecule has 1 aromatic rings. The van der Waals surface area contributed by atoms with Gasteiger partial charge >= 0.3 is 0 Å². The van der Waals surface area contributed by atoms with E-state index in [1.54, 1.807) is 0 Å². The topological polar surface area (TPSA) is 9.23 Å². The van der Waals surface area contributed by atoms with Crippen molar-refractivity contribution in [2.45, 2.75) is 83.7 Å². The maximum Gasteiger partial charge on any atom is 0.0721 e. The van der Waals surface area contributed by atoms with Gasteiger partial charge in [0.2, 0.25) is 0 Å². The van der Waals surface area contributed by atoms with Crippen LogP contribution >= 0.6 is 0 Å². The molecule has 2 aliphatic carbocycles. The van der Waals surface area contributed by atoms with E-state index in [1.807, 2.05) is 6.08 Å². The van der Waals surface area contributed by atoms with E-state index in [0.29, 0.717) is 13.2 Å². The summed E-state index contributed by atoms with van der Waals surface area (Å²) in [5.41, 5.74) is 2.81. The average Bonchev–Trinajstić information content (AvgIpc) is 2.75. The number of unbranched alkanes of at least 4 members (excludes halogenated alkanes) is 1. The van der Waals surface area contributed by atoms with E-state index in [-0.39, 0.29) is 0 Å². The maximum absolute atomic E-state index is 5.55. The van der Waals surface area contributed by atoms with Crippen molar-refractivity contribution in [1.29, 1.82) is 0 Å². The SMILES string of the molecule is C=CCOCc1ccc(C2CCC([C@H]3CC[C@H](/C=C/CCC)CC3)CC2)cc1. The molecule has 3 rings (SSSR count). The predicted molar refractivity (Wildman–Crippen MR) is 120 cm³/mol. The van der Waals surface area contributed by atoms with Crippen molar-refractivity contribution in [1.82, 2.24) is 0 Å². The molecule has 2 aliphatic rings. The highest BCUT2D eigenvalue weighted by Crippen LogP contribution is 2.44. The van der Waals surface area contributed by atoms with Crippen molar-refractivity contribution in [2.75, 3.05) is 6.61 Å². The Balaban J connectivity index is 1.40. The van der Waals surface area contributed by atoms with Crippen LogP contribution in [-0.4, -0.2) is 6.61 Å². The second kappa shape index (κ2) is 11.6. The number of hydrogen-bond donors (Lipinski definition) is 0. The van der Waals surface area contributed by atoms with Crippen LogP contribution in [0.1, 0.15) is 88.2 Å². The molecule has 0 bridgehead atoms. The van der Waals surface area contributed by atoms with Gasteiger partial charge in [0.25, 0.3) is 0 Å². The summed E-state index contributed by atoms with van der Waals surface area (Å²) in [4.78, 5) is 0. The quantitative estimate of drug-likeness (QED) is 0.313. The summed E-state index contributed by atoms with van der Waals surface area (Å²) in [6.45, 7) is 7.28. The molecule has 1 nitrogen and oxygen atoms in total. The van der Waals surface area contributed by atoms with Crippen LogP contribution in [0.4, 0.5) is 0 Å². The molecule has 0 spiro atoms. The van der Waals surface area contributed by atoms with Gasteiger partial charge in [0.15, 0.2) is 0 Å². The fourth-order valence-electron chi connectivity index (χ4n) is 5.33. The number of allylic oxidation sites excluding steroid dienone is 2. The molecule has 28 heavy (non-hydrogen) atoms. The highest BCUT2D eigenvalue weighted by atomic mass is 16.5. The lowest BCUT2D eigenvalue weighted by molar-refractivity contribution is 0.149. The van der Waals surface area contributed by atoms with E-state index in [4.69, 9.17) is 4.74 Å². The Hall–Kier alpha value is -1.34. The molecule has 154 valence electrons. The van der Waals surface area contributed by atoms with E-state index >= 15 is 0 Å². The minimum Gasteiger partial charge on any atom is -0.373 e. The van der Waals surface area contributed by atoms with E-state index in [9.17, 15) is 0 Å². The Kier molecular flexibility index (Phi) is 8.86. The minimum absolute atomic E-state index is 0.628. The number of hydrogen-bond acceptors (Lipinski definition) is 1. The monoisotopic (exact) mass is 380 g/mol. The fourth-order valence-corrected chi connectivity index (χ4v) is 5.33. The van der Waals surface area contributed by atoms with Gasteiger partial charge in [-0.1, -0.05) is 55.8 Å². The van der Waals surface area contributed by atoms with Gasteiger partial charge in [-0.15, -0.1) is 6.58 Å². The van der Waals surface area contributed by atoms with Crippen LogP contribution < -0.4 is 0 Å². The Morgan fingerprint density at radius 3 is 2.18 bits per heavy atom. The lowest BCUT2D eigenvalue weighted by Crippen LogP contribution is -2.25. The smallest absolute Gasteiger partial charge is 0.0721 e. The molecule has 0 N–H and O–H groups in total. The summed E-state index contributed by atoms with van der Waals surface area (Å²) in [5, 5.41) is 0. The Morgan fingerprint density at radius 2 is 1.57 bits per heavy atom. The summed E-state index contributed by atoms with van der Waals surface area (Å²) in [7, 11) is 0. The van der Waals surface area contributed by atoms with Gasteiger partial charge in [-0.25, -0.2) is 0 Å². The summed E-state index contributed by atoms with van der Waals surface area (Å²) in [5.74, 6) is 3.63. The van der Waals surface area contributed by atoms with Gasteiger partial charge in [0.05, 0.1) is 13.2 Å². The lowest BCUT2D eigenvalue weighted by atomic mass is 9.68. The van der Waals surface area contributed by atoms with Crippen LogP contribution in [0.15, 0.2) is 49.1 Å². The molecular formula is C27H40O. The zero-order chi connectivity index (χ0) is 19.6. The van der Waals surface area contributed by atoms with Crippen molar-refractivity contribution in [2.24, 2.45) is 17.8 Å². The number of ether oxygens (including phenoxy) is 1. The Morgan fingerprint density at radius 1 is 0.929 bits per heavy atom. The number of rotatable bonds is 9. The molecule has 0 aliphatic heterocycles. The van der Waals surface area contributed by atoms with Gasteiger partial charge in [0.1, 0.15) is 0 Å². The third-order valence-electron chi connectivity index (χ3n) is 7.07. The van der Waals surface area contributed by atoms with E-state index in [2.05, 4.69) is 49.9 Å². The van der Waals surface area contributed by atoms with Crippen LogP contribution in [-0.2, 0) is 11.3 Å². The minimum atomic E-state index is 0.628. The molecule has 0 amide bonds. The van der Waals surface area contributed by atoms with Crippen LogP contribution in [0, 0.1) is 17.8 Å². The van der Waals surface area contributed by atoms with Crippen LogP contribution in [0.5, 0.6) is 0 Å². The first-order valence-electron chi connectivity index (χ1n) is 11.7. The molecule has 0 aromatic heterocycles. The van der Waals surface area contributed by atoms with Crippen molar-refractivity contribution in [3.05, 3.63) is 60.2 Å². The van der Waals surface area contributed by atoms with Crippen LogP contribution in [0.2, 0.25) is 0 Å². The number of benzene rings is 1. The molecule has 0 atom stereocenters. The molecule has 1 aromatic carbocycles. The van der Waals surface area contributed by atoms with Crippen LogP contribution in [0.3, 0.4) is 0 Å². The lowest BCUT2D eigenvalue weighted by Gasteiger charge is -2.37. The van der Waals surface area contributed by atoms with E-state index in [0.717, 1.165) is 23.7 Å². The van der Waals surface area contributed by atoms with Crippen molar-refractivity contribution in [3.8, 4) is 0 Å². The van der Waals surface area contributed by atoms with E-state index in [1.165, 1.54) is 75.3 Å². The summed E-state index contributed by atoms with van der Waals surface area (Å²) in [6.07, 6.45) is 20.7. The second-order valence-corrected chi connectivity index (χ2v) is 9.05. The van der Waals surface area contributed by atoms with Gasteiger partial charge in [-0.05, 0) is 92.6 Å². The summed E-state index contributed by atoms with van der Waals surface area (Å²) < 4.78 is 5.55. The predicted octanol–water partition coefficient (Wildman–Crippen LogP) is 7.83. The molecule has 0 radical (unpaired) electrons. The third-order valence-corrected chi connectivity index (χ3v) is 7.07. The Bertz CT molecular complexity index is 583. The normalized spacial score (nSPS) is 28.5. The van der Waals surface area contributed by atoms with Crippen molar-refractivity contribution >= 4 is 0 Å². The second-order valence-electron chi connectivity index (χ2n) is 9.05. The van der Waals surface area contributed by atoms with E-state index < -0.39 is 0 Å². The zero-order valence-electron chi connectivity index (χ0n) is 18.0. The molecule has 0 heterocycles. The van der Waals surface area contributed by atoms with Crippen molar-refractivity contribution < 1.29 is 4.74 Å². The molecule has 1 heteroatoms. The Labute approximate surface area is 173 Å². The first-order valence-corrected chi connectivity index (χ1v) is 11.7. The van der Waals surface area contributed by atoms with Crippen LogP contribution in [0.25, 0.3) is 0 Å². The fraction of sp³-hybridized carbons (Fsp3) is 0.630. The molecule has 2 saturated carbocycles. The first-order chi connectivity index (χ1) is 13.8. The van der Waals surface area contributed by atoms with Gasteiger partial charge in [-0.2, -0.15) is 0 Å². The highest BCUT2D eigenvalue weighted by molar-refractivity contribution is 5.25. The summed E-state index contributed by atoms with van der Waals surface area (Å²) >= 11 is 0. The third kappa shape index (κ3) is 6.34. The molecular weight excluding hydrogens is 340 g/mol. The van der Waals surface area contributed by atoms with Gasteiger partial charge < -0.3 is 4.74 Å². The van der Waals surface area contributed by atoms with Gasteiger partial charge in [0, 0.05) is 0 Å². The largest absolute Gasteiger partial charge is 0.373 e. The maximum atomic E-state index is 5.55.